The number of carbonyl (C=O) groups is 2. The largest absolute Gasteiger partial charge is 0.500 e. The van der Waals surface area contributed by atoms with Crippen molar-refractivity contribution >= 4 is 20.7 Å². The molecule has 1 fully saturated rings. The Morgan fingerprint density at radius 1 is 1.21 bits per heavy atom. The Morgan fingerprint density at radius 2 is 1.79 bits per heavy atom. The summed E-state index contributed by atoms with van der Waals surface area (Å²) < 4.78 is 15.8. The van der Waals surface area contributed by atoms with Crippen molar-refractivity contribution in [2.24, 2.45) is 11.8 Å². The second-order valence-corrected chi connectivity index (χ2v) is 7.57. The van der Waals surface area contributed by atoms with Crippen molar-refractivity contribution in [1.29, 1.82) is 0 Å². The monoisotopic (exact) mass is 291 g/mol. The number of nitrogens with one attached hydrogen (secondary N) is 1. The number of amides is 1. The first-order valence-corrected chi connectivity index (χ1v) is 8.09. The Kier molecular flexibility index (Phi) is 5.92. The quantitative estimate of drug-likeness (QED) is 0.462. The molecule has 1 rings (SSSR count). The van der Waals surface area contributed by atoms with E-state index < -0.39 is 20.7 Å². The second-order valence-electron chi connectivity index (χ2n) is 4.48. The number of hydrogen-bond acceptors (Lipinski definition) is 5. The fourth-order valence-corrected chi connectivity index (χ4v) is 3.68. The third-order valence-corrected chi connectivity index (χ3v) is 6.17. The molecule has 0 spiro atoms. The van der Waals surface area contributed by atoms with Gasteiger partial charge in [0.2, 0.25) is 5.91 Å². The number of carboxylic acids is 1. The van der Waals surface area contributed by atoms with E-state index in [-0.39, 0.29) is 11.8 Å². The van der Waals surface area contributed by atoms with Gasteiger partial charge in [-0.1, -0.05) is 0 Å². The Hall–Kier alpha value is -0.963. The highest BCUT2D eigenvalue weighted by molar-refractivity contribution is 6.60. The van der Waals surface area contributed by atoms with Gasteiger partial charge >= 0.3 is 14.8 Å². The molecule has 1 saturated carbocycles. The van der Waals surface area contributed by atoms with Gasteiger partial charge in [-0.25, -0.2) is 0 Å². The molecule has 0 aromatic rings. The maximum Gasteiger partial charge on any atom is 0.500 e. The summed E-state index contributed by atoms with van der Waals surface area (Å²) in [6.07, 6.45) is 1.10. The number of hydrogen-bond donors (Lipinski definition) is 2. The SMILES string of the molecule is CO[Si](CCCNC(=O)C1CC1C(=O)O)(OC)OC. The summed E-state index contributed by atoms with van der Waals surface area (Å²) in [6, 6.07) is 0.601. The second kappa shape index (κ2) is 6.99. The van der Waals surface area contributed by atoms with Crippen LogP contribution in [0.5, 0.6) is 0 Å². The van der Waals surface area contributed by atoms with Gasteiger partial charge in [0.25, 0.3) is 0 Å². The smallest absolute Gasteiger partial charge is 0.481 e. The summed E-state index contributed by atoms with van der Waals surface area (Å²) in [5.74, 6) is -1.96. The Balaban J connectivity index is 2.21. The fraction of sp³-hybridized carbons (Fsp3) is 0.818. The zero-order chi connectivity index (χ0) is 14.5. The van der Waals surface area contributed by atoms with Gasteiger partial charge in [0, 0.05) is 33.9 Å². The summed E-state index contributed by atoms with van der Waals surface area (Å²) in [6.45, 7) is 0.465. The molecule has 0 aromatic heterocycles. The average molecular weight is 291 g/mol. The van der Waals surface area contributed by atoms with Gasteiger partial charge in [-0.3, -0.25) is 9.59 Å². The molecule has 0 heterocycles. The molecule has 2 N–H and O–H groups in total. The third-order valence-electron chi connectivity index (χ3n) is 3.34. The molecule has 0 radical (unpaired) electrons. The van der Waals surface area contributed by atoms with E-state index in [9.17, 15) is 9.59 Å². The number of aliphatic carboxylic acids is 1. The van der Waals surface area contributed by atoms with E-state index in [4.69, 9.17) is 18.4 Å². The lowest BCUT2D eigenvalue weighted by Gasteiger charge is -2.24. The van der Waals surface area contributed by atoms with E-state index in [1.807, 2.05) is 0 Å². The predicted molar refractivity (Wildman–Crippen MR) is 68.4 cm³/mol. The van der Waals surface area contributed by atoms with Crippen LogP contribution in [0, 0.1) is 11.8 Å². The molecule has 7 nitrogen and oxygen atoms in total. The van der Waals surface area contributed by atoms with E-state index in [2.05, 4.69) is 5.32 Å². The number of carbonyl (C=O) groups excluding carboxylic acids is 1. The molecule has 2 atom stereocenters. The van der Waals surface area contributed by atoms with Crippen LogP contribution in [0.3, 0.4) is 0 Å². The molecule has 0 bridgehead atoms. The fourth-order valence-electron chi connectivity index (χ4n) is 1.96. The summed E-state index contributed by atoms with van der Waals surface area (Å²) in [5.41, 5.74) is 0. The van der Waals surface area contributed by atoms with Crippen LogP contribution in [0.15, 0.2) is 0 Å². The van der Waals surface area contributed by atoms with Gasteiger partial charge in [0.15, 0.2) is 0 Å². The van der Waals surface area contributed by atoms with Crippen LogP contribution in [0.2, 0.25) is 6.04 Å². The van der Waals surface area contributed by atoms with E-state index in [0.29, 0.717) is 25.4 Å². The molecule has 110 valence electrons. The maximum atomic E-state index is 11.6. The minimum Gasteiger partial charge on any atom is -0.481 e. The minimum absolute atomic E-state index is 0.188. The molecular weight excluding hydrogens is 270 g/mol. The third kappa shape index (κ3) is 4.27. The molecule has 0 aromatic carbocycles. The molecule has 0 saturated heterocycles. The maximum absolute atomic E-state index is 11.6. The molecule has 0 aliphatic heterocycles. The molecule has 1 aliphatic carbocycles. The van der Waals surface area contributed by atoms with E-state index in [1.165, 1.54) is 0 Å². The van der Waals surface area contributed by atoms with Crippen molar-refractivity contribution < 1.29 is 28.0 Å². The van der Waals surface area contributed by atoms with Gasteiger partial charge in [0.05, 0.1) is 11.8 Å². The predicted octanol–water partition coefficient (Wildman–Crippen LogP) is 0.0915. The lowest BCUT2D eigenvalue weighted by molar-refractivity contribution is -0.140. The van der Waals surface area contributed by atoms with Crippen LogP contribution < -0.4 is 5.32 Å². The van der Waals surface area contributed by atoms with Crippen LogP contribution in [-0.2, 0) is 22.9 Å². The molecule has 2 unspecified atom stereocenters. The van der Waals surface area contributed by atoms with Crippen LogP contribution >= 0.6 is 0 Å². The van der Waals surface area contributed by atoms with Crippen LogP contribution in [0.4, 0.5) is 0 Å². The highest BCUT2D eigenvalue weighted by atomic mass is 28.4. The van der Waals surface area contributed by atoms with Crippen molar-refractivity contribution in [3.63, 3.8) is 0 Å². The summed E-state index contributed by atoms with van der Waals surface area (Å²) in [5, 5.41) is 11.5. The first-order chi connectivity index (χ1) is 8.99. The van der Waals surface area contributed by atoms with Crippen molar-refractivity contribution in [1.82, 2.24) is 5.32 Å². The molecule has 1 aliphatic rings. The van der Waals surface area contributed by atoms with Crippen molar-refractivity contribution in [3.05, 3.63) is 0 Å². The van der Waals surface area contributed by atoms with Gasteiger partial charge in [-0.2, -0.15) is 0 Å². The Morgan fingerprint density at radius 3 is 2.21 bits per heavy atom. The number of rotatable bonds is 9. The molecule has 19 heavy (non-hydrogen) atoms. The first kappa shape index (κ1) is 16.1. The summed E-state index contributed by atoms with van der Waals surface area (Å²) >= 11 is 0. The number of carboxylic acid groups (broad SMARTS) is 1. The first-order valence-electron chi connectivity index (χ1n) is 6.15. The lowest BCUT2D eigenvalue weighted by atomic mass is 10.3. The molecular formula is C11H21NO6Si. The summed E-state index contributed by atoms with van der Waals surface area (Å²) in [7, 11) is 2.05. The standard InChI is InChI=1S/C11H21NO6Si/c1-16-19(17-2,18-3)6-4-5-12-10(13)8-7-9(8)11(14)15/h8-9H,4-7H2,1-3H3,(H,12,13)(H,14,15). The Labute approximate surface area is 113 Å². The summed E-state index contributed by atoms with van der Waals surface area (Å²) in [4.78, 5) is 22.2. The zero-order valence-electron chi connectivity index (χ0n) is 11.5. The van der Waals surface area contributed by atoms with Crippen LogP contribution in [0.1, 0.15) is 12.8 Å². The lowest BCUT2D eigenvalue weighted by Crippen LogP contribution is -2.43. The molecule has 1 amide bonds. The van der Waals surface area contributed by atoms with Gasteiger partial charge in [0.1, 0.15) is 0 Å². The van der Waals surface area contributed by atoms with Gasteiger partial charge in [-0.15, -0.1) is 0 Å². The zero-order valence-corrected chi connectivity index (χ0v) is 12.5. The van der Waals surface area contributed by atoms with Crippen molar-refractivity contribution in [3.8, 4) is 0 Å². The van der Waals surface area contributed by atoms with Gasteiger partial charge < -0.3 is 23.7 Å². The minimum atomic E-state index is -2.58. The average Bonchev–Trinajstić information content (AvgIpc) is 3.20. The van der Waals surface area contributed by atoms with Crippen LogP contribution in [0.25, 0.3) is 0 Å². The van der Waals surface area contributed by atoms with Crippen molar-refractivity contribution in [2.45, 2.75) is 18.9 Å². The van der Waals surface area contributed by atoms with Crippen LogP contribution in [-0.4, -0.2) is 53.7 Å². The van der Waals surface area contributed by atoms with E-state index >= 15 is 0 Å². The highest BCUT2D eigenvalue weighted by Gasteiger charge is 2.48. The topological polar surface area (TPSA) is 94.1 Å². The van der Waals surface area contributed by atoms with Crippen molar-refractivity contribution in [2.75, 3.05) is 27.9 Å². The van der Waals surface area contributed by atoms with E-state index in [1.54, 1.807) is 21.3 Å². The highest BCUT2D eigenvalue weighted by Crippen LogP contribution is 2.38. The van der Waals surface area contributed by atoms with E-state index in [0.717, 1.165) is 0 Å². The Bertz CT molecular complexity index is 325. The molecule has 8 heteroatoms. The normalized spacial score (nSPS) is 22.1. The van der Waals surface area contributed by atoms with Gasteiger partial charge in [-0.05, 0) is 12.8 Å².